The quantitative estimate of drug-likeness (QED) is 0.357. The van der Waals surface area contributed by atoms with Crippen molar-refractivity contribution in [3.8, 4) is 0 Å². The molecule has 1 aliphatic heterocycles. The smallest absolute Gasteiger partial charge is 0.257 e. The highest BCUT2D eigenvalue weighted by atomic mass is 32.2. The van der Waals surface area contributed by atoms with Crippen molar-refractivity contribution >= 4 is 53.4 Å². The van der Waals surface area contributed by atoms with Gasteiger partial charge in [0.25, 0.3) is 5.91 Å². The van der Waals surface area contributed by atoms with Crippen molar-refractivity contribution < 1.29 is 13.2 Å². The third-order valence-corrected chi connectivity index (χ3v) is 9.15. The summed E-state index contributed by atoms with van der Waals surface area (Å²) in [6.07, 6.45) is 0.688. The minimum absolute atomic E-state index is 0.180. The summed E-state index contributed by atoms with van der Waals surface area (Å²) in [5, 5.41) is 5.49. The molecule has 0 radical (unpaired) electrons. The molecule has 0 spiro atoms. The maximum Gasteiger partial charge on any atom is 0.257 e. The Morgan fingerprint density at radius 3 is 2.46 bits per heavy atom. The molecule has 5 aromatic rings. The number of hydrogen-bond donors (Lipinski definition) is 1. The Bertz CT molecular complexity index is 1690. The number of carbonyl (C=O) groups excluding carboxylic acids is 1. The van der Waals surface area contributed by atoms with Crippen molar-refractivity contribution in [1.82, 2.24) is 9.29 Å². The highest BCUT2D eigenvalue weighted by Crippen LogP contribution is 2.32. The van der Waals surface area contributed by atoms with Crippen LogP contribution in [0.4, 0.5) is 5.13 Å². The lowest BCUT2D eigenvalue weighted by Gasteiger charge is -2.28. The van der Waals surface area contributed by atoms with E-state index in [4.69, 9.17) is 0 Å². The van der Waals surface area contributed by atoms with Crippen LogP contribution in [0.2, 0.25) is 0 Å². The van der Waals surface area contributed by atoms with Crippen LogP contribution in [0.1, 0.15) is 21.5 Å². The second-order valence-corrected chi connectivity index (χ2v) is 11.5. The molecule has 174 valence electrons. The van der Waals surface area contributed by atoms with Gasteiger partial charge in [0.15, 0.2) is 5.13 Å². The Morgan fingerprint density at radius 1 is 0.886 bits per heavy atom. The number of anilines is 1. The molecular formula is C27H21N3O3S2. The number of rotatable bonds is 4. The van der Waals surface area contributed by atoms with Gasteiger partial charge < -0.3 is 0 Å². The molecule has 0 fully saturated rings. The summed E-state index contributed by atoms with van der Waals surface area (Å²) in [6, 6.07) is 26.0. The van der Waals surface area contributed by atoms with Crippen LogP contribution >= 0.6 is 11.3 Å². The zero-order valence-corrected chi connectivity index (χ0v) is 20.3. The fourth-order valence-electron chi connectivity index (χ4n) is 4.49. The predicted molar refractivity (Wildman–Crippen MR) is 139 cm³/mol. The molecule has 1 aromatic heterocycles. The third-order valence-electron chi connectivity index (χ3n) is 6.35. The largest absolute Gasteiger partial charge is 0.298 e. The lowest BCUT2D eigenvalue weighted by Crippen LogP contribution is -2.35. The molecular weight excluding hydrogens is 478 g/mol. The molecule has 0 saturated carbocycles. The number of benzene rings is 4. The number of amides is 1. The number of sulfonamides is 1. The van der Waals surface area contributed by atoms with E-state index in [2.05, 4.69) is 10.3 Å². The van der Waals surface area contributed by atoms with Crippen LogP contribution in [0.15, 0.2) is 89.8 Å². The van der Waals surface area contributed by atoms with E-state index in [1.165, 1.54) is 33.3 Å². The number of nitrogens with one attached hydrogen (secondary N) is 1. The molecule has 8 heteroatoms. The van der Waals surface area contributed by atoms with E-state index in [9.17, 15) is 13.2 Å². The monoisotopic (exact) mass is 499 g/mol. The molecule has 0 unspecified atom stereocenters. The van der Waals surface area contributed by atoms with Gasteiger partial charge in [-0.1, -0.05) is 65.9 Å². The standard InChI is InChI=1S/C27H21N3O3S2/c31-26(29-27-28-25-23-8-4-3-6-19(23)11-14-24(25)34-27)20-9-12-22(13-10-20)35(32,33)30-16-15-18-5-1-2-7-21(18)17-30/h1-14H,15-17H2,(H,28,29,31). The number of fused-ring (bicyclic) bond motifs is 4. The Labute approximate surface area is 206 Å². The van der Waals surface area contributed by atoms with Gasteiger partial charge in [0.05, 0.1) is 15.1 Å². The molecule has 0 aliphatic carbocycles. The van der Waals surface area contributed by atoms with Gasteiger partial charge in [-0.15, -0.1) is 0 Å². The van der Waals surface area contributed by atoms with Crippen molar-refractivity contribution in [2.24, 2.45) is 0 Å². The number of nitrogens with zero attached hydrogens (tertiary/aromatic N) is 2. The van der Waals surface area contributed by atoms with Crippen molar-refractivity contribution in [3.63, 3.8) is 0 Å². The van der Waals surface area contributed by atoms with Crippen molar-refractivity contribution in [1.29, 1.82) is 0 Å². The molecule has 35 heavy (non-hydrogen) atoms. The second kappa shape index (κ2) is 8.57. The Morgan fingerprint density at radius 2 is 1.63 bits per heavy atom. The van der Waals surface area contributed by atoms with E-state index in [-0.39, 0.29) is 10.8 Å². The van der Waals surface area contributed by atoms with Gasteiger partial charge >= 0.3 is 0 Å². The number of hydrogen-bond acceptors (Lipinski definition) is 5. The molecule has 0 saturated heterocycles. The van der Waals surface area contributed by atoms with Crippen molar-refractivity contribution in [2.45, 2.75) is 17.9 Å². The van der Waals surface area contributed by atoms with Crippen LogP contribution in [-0.2, 0) is 23.0 Å². The molecule has 0 atom stereocenters. The second-order valence-electron chi connectivity index (χ2n) is 8.49. The highest BCUT2D eigenvalue weighted by Gasteiger charge is 2.28. The zero-order valence-electron chi connectivity index (χ0n) is 18.6. The van der Waals surface area contributed by atoms with Gasteiger partial charge in [0.1, 0.15) is 0 Å². The summed E-state index contributed by atoms with van der Waals surface area (Å²) < 4.78 is 28.9. The highest BCUT2D eigenvalue weighted by molar-refractivity contribution is 7.89. The van der Waals surface area contributed by atoms with Gasteiger partial charge in [-0.3, -0.25) is 10.1 Å². The first kappa shape index (κ1) is 21.9. The normalized spacial score (nSPS) is 14.2. The SMILES string of the molecule is O=C(Nc1nc2c(ccc3ccccc32)s1)c1ccc(S(=O)(=O)N2CCc3ccccc3C2)cc1. The first-order valence-electron chi connectivity index (χ1n) is 11.3. The Balaban J connectivity index is 1.21. The minimum Gasteiger partial charge on any atom is -0.298 e. The Kier molecular flexibility index (Phi) is 5.36. The van der Waals surface area contributed by atoms with Crippen LogP contribution in [0.3, 0.4) is 0 Å². The molecule has 2 heterocycles. The van der Waals surface area contributed by atoms with Crippen molar-refractivity contribution in [2.75, 3.05) is 11.9 Å². The average molecular weight is 500 g/mol. The van der Waals surface area contributed by atoms with Crippen molar-refractivity contribution in [3.05, 3.63) is 102 Å². The number of aromatic nitrogens is 1. The van der Waals surface area contributed by atoms with E-state index in [0.717, 1.165) is 26.6 Å². The van der Waals surface area contributed by atoms with E-state index >= 15 is 0 Å². The third kappa shape index (κ3) is 3.99. The lowest BCUT2D eigenvalue weighted by molar-refractivity contribution is 0.102. The van der Waals surface area contributed by atoms with Crippen LogP contribution in [0.25, 0.3) is 21.0 Å². The van der Waals surface area contributed by atoms with E-state index < -0.39 is 10.0 Å². The molecule has 1 amide bonds. The molecule has 1 N–H and O–H groups in total. The Hall–Kier alpha value is -3.59. The van der Waals surface area contributed by atoms with Gasteiger partial charge in [-0.05, 0) is 53.3 Å². The van der Waals surface area contributed by atoms with E-state index in [1.54, 1.807) is 12.1 Å². The van der Waals surface area contributed by atoms with E-state index in [0.29, 0.717) is 30.2 Å². The average Bonchev–Trinajstić information content (AvgIpc) is 3.31. The molecule has 1 aliphatic rings. The summed E-state index contributed by atoms with van der Waals surface area (Å²) in [7, 11) is -3.65. The van der Waals surface area contributed by atoms with Gasteiger partial charge in [0.2, 0.25) is 10.0 Å². The van der Waals surface area contributed by atoms with Crippen LogP contribution in [-0.4, -0.2) is 30.2 Å². The van der Waals surface area contributed by atoms with Gasteiger partial charge in [-0.2, -0.15) is 4.31 Å². The fourth-order valence-corrected chi connectivity index (χ4v) is 6.78. The van der Waals surface area contributed by atoms with Crippen LogP contribution in [0, 0.1) is 0 Å². The first-order chi connectivity index (χ1) is 17.0. The summed E-state index contributed by atoms with van der Waals surface area (Å²) in [5.41, 5.74) is 3.45. The first-order valence-corrected chi connectivity index (χ1v) is 13.5. The number of thiazole rings is 1. The molecule has 6 rings (SSSR count). The van der Waals surface area contributed by atoms with Crippen LogP contribution in [0.5, 0.6) is 0 Å². The van der Waals surface area contributed by atoms with Crippen LogP contribution < -0.4 is 5.32 Å². The minimum atomic E-state index is -3.65. The molecule has 0 bridgehead atoms. The number of carbonyl (C=O) groups is 1. The summed E-state index contributed by atoms with van der Waals surface area (Å²) in [6.45, 7) is 0.793. The summed E-state index contributed by atoms with van der Waals surface area (Å²) >= 11 is 1.41. The molecule has 4 aromatic carbocycles. The van der Waals surface area contributed by atoms with E-state index in [1.807, 2.05) is 60.7 Å². The summed E-state index contributed by atoms with van der Waals surface area (Å²) in [4.78, 5) is 17.7. The maximum absolute atomic E-state index is 13.2. The molecule has 6 nitrogen and oxygen atoms in total. The van der Waals surface area contributed by atoms with Gasteiger partial charge in [0, 0.05) is 24.0 Å². The fraction of sp³-hybridized carbons (Fsp3) is 0.111. The van der Waals surface area contributed by atoms with Gasteiger partial charge in [-0.25, -0.2) is 13.4 Å². The topological polar surface area (TPSA) is 79.4 Å². The lowest BCUT2D eigenvalue weighted by atomic mass is 10.0. The zero-order chi connectivity index (χ0) is 24.0. The predicted octanol–water partition coefficient (Wildman–Crippen LogP) is 5.45. The summed E-state index contributed by atoms with van der Waals surface area (Å²) in [5.74, 6) is -0.329. The maximum atomic E-state index is 13.2.